The van der Waals surface area contributed by atoms with Crippen molar-refractivity contribution in [2.24, 2.45) is 0 Å². The van der Waals surface area contributed by atoms with E-state index >= 15 is 0 Å². The van der Waals surface area contributed by atoms with E-state index in [1.54, 1.807) is 25.3 Å². The van der Waals surface area contributed by atoms with Crippen LogP contribution < -0.4 is 0 Å². The first kappa shape index (κ1) is 13.5. The van der Waals surface area contributed by atoms with Gasteiger partial charge in [-0.25, -0.2) is 9.37 Å². The molecule has 5 heteroatoms. The highest BCUT2D eigenvalue weighted by molar-refractivity contribution is 9.10. The number of aliphatic hydroxyl groups is 1. The van der Waals surface area contributed by atoms with Crippen molar-refractivity contribution in [3.63, 3.8) is 0 Å². The molecule has 0 saturated heterocycles. The minimum Gasteiger partial charge on any atom is -0.389 e. The number of aliphatic hydroxyl groups excluding tert-OH is 1. The molecule has 0 amide bonds. The topological polar surface area (TPSA) is 33.1 Å². The average molecular weight is 328 g/mol. The molecule has 0 spiro atoms. The molecule has 2 aromatic rings. The van der Waals surface area contributed by atoms with Gasteiger partial charge in [-0.1, -0.05) is 17.8 Å². The normalized spacial score (nSPS) is 12.4. The molecular weight excluding hydrogens is 317 g/mol. The van der Waals surface area contributed by atoms with Crippen LogP contribution in [-0.2, 0) is 0 Å². The van der Waals surface area contributed by atoms with Gasteiger partial charge >= 0.3 is 0 Å². The van der Waals surface area contributed by atoms with Crippen molar-refractivity contribution in [3.05, 3.63) is 52.4 Å². The number of nitrogens with zero attached hydrogens (tertiary/aromatic N) is 1. The summed E-state index contributed by atoms with van der Waals surface area (Å²) in [7, 11) is 0. The summed E-state index contributed by atoms with van der Waals surface area (Å²) in [5.74, 6) is -0.401. The van der Waals surface area contributed by atoms with Crippen molar-refractivity contribution in [3.8, 4) is 0 Å². The standard InChI is InChI=1S/C13H11BrFNOS/c1-8(17)12-10(15)5-2-6-11(12)18-13-9(14)4-3-7-16-13/h2-8,17H,1H3/t8-/m1/s1. The van der Waals surface area contributed by atoms with Crippen molar-refractivity contribution < 1.29 is 9.50 Å². The van der Waals surface area contributed by atoms with Gasteiger partial charge in [0.15, 0.2) is 0 Å². The van der Waals surface area contributed by atoms with Crippen LogP contribution in [0.5, 0.6) is 0 Å². The Morgan fingerprint density at radius 2 is 2.11 bits per heavy atom. The van der Waals surface area contributed by atoms with Crippen molar-refractivity contribution in [1.82, 2.24) is 4.98 Å². The van der Waals surface area contributed by atoms with Gasteiger partial charge in [0.05, 0.1) is 10.6 Å². The van der Waals surface area contributed by atoms with E-state index in [1.165, 1.54) is 17.8 Å². The summed E-state index contributed by atoms with van der Waals surface area (Å²) in [4.78, 5) is 4.89. The van der Waals surface area contributed by atoms with Crippen molar-refractivity contribution in [2.75, 3.05) is 0 Å². The van der Waals surface area contributed by atoms with Gasteiger partial charge in [0.2, 0.25) is 0 Å². The maximum atomic E-state index is 13.7. The SMILES string of the molecule is C[C@@H](O)c1c(F)cccc1Sc1ncccc1Br. The van der Waals surface area contributed by atoms with E-state index in [-0.39, 0.29) is 0 Å². The molecule has 1 aromatic heterocycles. The Bertz CT molecular complexity index is 562. The van der Waals surface area contributed by atoms with Crippen LogP contribution in [-0.4, -0.2) is 10.1 Å². The molecule has 94 valence electrons. The Morgan fingerprint density at radius 3 is 2.78 bits per heavy atom. The first-order valence-corrected chi connectivity index (χ1v) is 6.95. The van der Waals surface area contributed by atoms with Crippen LogP contribution in [0.4, 0.5) is 4.39 Å². The fourth-order valence-corrected chi connectivity index (χ4v) is 3.07. The third-order valence-electron chi connectivity index (χ3n) is 2.36. The van der Waals surface area contributed by atoms with Crippen molar-refractivity contribution in [1.29, 1.82) is 0 Å². The predicted octanol–water partition coefficient (Wildman–Crippen LogP) is 4.19. The van der Waals surface area contributed by atoms with Gasteiger partial charge in [0.1, 0.15) is 10.8 Å². The molecule has 2 rings (SSSR count). The summed E-state index contributed by atoms with van der Waals surface area (Å²) in [5, 5.41) is 10.4. The van der Waals surface area contributed by atoms with Crippen LogP contribution in [0.15, 0.2) is 50.9 Å². The van der Waals surface area contributed by atoms with Crippen LogP contribution in [0.3, 0.4) is 0 Å². The molecule has 1 aromatic carbocycles. The van der Waals surface area contributed by atoms with Gasteiger partial charge in [0, 0.05) is 16.7 Å². The quantitative estimate of drug-likeness (QED) is 0.917. The van der Waals surface area contributed by atoms with Crippen LogP contribution in [0, 0.1) is 5.82 Å². The smallest absolute Gasteiger partial charge is 0.130 e. The molecule has 0 saturated carbocycles. The highest BCUT2D eigenvalue weighted by Gasteiger charge is 2.15. The predicted molar refractivity (Wildman–Crippen MR) is 73.1 cm³/mol. The minimum absolute atomic E-state index is 0.306. The van der Waals surface area contributed by atoms with Crippen LogP contribution >= 0.6 is 27.7 Å². The fourth-order valence-electron chi connectivity index (χ4n) is 1.56. The fraction of sp³-hybridized carbons (Fsp3) is 0.154. The Balaban J connectivity index is 2.41. The first-order chi connectivity index (χ1) is 8.59. The van der Waals surface area contributed by atoms with Crippen LogP contribution in [0.25, 0.3) is 0 Å². The van der Waals surface area contributed by atoms with E-state index in [2.05, 4.69) is 20.9 Å². The summed E-state index contributed by atoms with van der Waals surface area (Å²) in [5.41, 5.74) is 0.306. The number of hydrogen-bond acceptors (Lipinski definition) is 3. The van der Waals surface area contributed by atoms with Gasteiger partial charge in [-0.3, -0.25) is 0 Å². The second-order valence-electron chi connectivity index (χ2n) is 3.72. The van der Waals surface area contributed by atoms with Gasteiger partial charge in [-0.15, -0.1) is 0 Å². The molecule has 0 radical (unpaired) electrons. The lowest BCUT2D eigenvalue weighted by Crippen LogP contribution is -1.98. The molecule has 2 nitrogen and oxygen atoms in total. The van der Waals surface area contributed by atoms with E-state index in [9.17, 15) is 9.50 Å². The third kappa shape index (κ3) is 2.91. The number of hydrogen-bond donors (Lipinski definition) is 1. The van der Waals surface area contributed by atoms with Gasteiger partial charge in [-0.05, 0) is 47.1 Å². The lowest BCUT2D eigenvalue weighted by atomic mass is 10.1. The molecule has 0 aliphatic carbocycles. The van der Waals surface area contributed by atoms with Crippen LogP contribution in [0.2, 0.25) is 0 Å². The molecule has 0 aliphatic heterocycles. The number of aromatic nitrogens is 1. The van der Waals surface area contributed by atoms with Gasteiger partial charge in [0.25, 0.3) is 0 Å². The van der Waals surface area contributed by atoms with Crippen molar-refractivity contribution >= 4 is 27.7 Å². The first-order valence-electron chi connectivity index (χ1n) is 5.34. The molecule has 1 atom stereocenters. The molecular formula is C13H11BrFNOS. The Labute approximate surface area is 117 Å². The average Bonchev–Trinajstić information content (AvgIpc) is 2.31. The second kappa shape index (κ2) is 5.82. The van der Waals surface area contributed by atoms with E-state index < -0.39 is 11.9 Å². The lowest BCUT2D eigenvalue weighted by molar-refractivity contribution is 0.191. The number of benzene rings is 1. The molecule has 0 aliphatic rings. The van der Waals surface area contributed by atoms with E-state index in [4.69, 9.17) is 0 Å². The maximum absolute atomic E-state index is 13.7. The monoisotopic (exact) mass is 327 g/mol. The maximum Gasteiger partial charge on any atom is 0.130 e. The number of halogens is 2. The van der Waals surface area contributed by atoms with Gasteiger partial charge < -0.3 is 5.11 Å². The minimum atomic E-state index is -0.851. The summed E-state index contributed by atoms with van der Waals surface area (Å²) in [6.45, 7) is 1.55. The van der Waals surface area contributed by atoms with E-state index in [0.717, 1.165) is 9.50 Å². The Kier molecular flexibility index (Phi) is 4.37. The molecule has 0 bridgehead atoms. The summed E-state index contributed by atoms with van der Waals surface area (Å²) in [6.07, 6.45) is 0.824. The van der Waals surface area contributed by atoms with Crippen LogP contribution in [0.1, 0.15) is 18.6 Å². The highest BCUT2D eigenvalue weighted by atomic mass is 79.9. The molecule has 0 unspecified atom stereocenters. The zero-order valence-corrected chi connectivity index (χ0v) is 12.0. The Hall–Kier alpha value is -0.910. The molecule has 1 N–H and O–H groups in total. The largest absolute Gasteiger partial charge is 0.389 e. The zero-order valence-electron chi connectivity index (χ0n) is 9.60. The highest BCUT2D eigenvalue weighted by Crippen LogP contribution is 2.36. The number of pyridine rings is 1. The molecule has 1 heterocycles. The summed E-state index contributed by atoms with van der Waals surface area (Å²) >= 11 is 4.72. The Morgan fingerprint density at radius 1 is 1.33 bits per heavy atom. The van der Waals surface area contributed by atoms with Crippen molar-refractivity contribution in [2.45, 2.75) is 22.9 Å². The molecule has 18 heavy (non-hydrogen) atoms. The summed E-state index contributed by atoms with van der Waals surface area (Å²) < 4.78 is 14.5. The third-order valence-corrected chi connectivity index (χ3v) is 4.36. The number of rotatable bonds is 3. The zero-order chi connectivity index (χ0) is 13.1. The lowest BCUT2D eigenvalue weighted by Gasteiger charge is -2.12. The second-order valence-corrected chi connectivity index (χ2v) is 5.61. The van der Waals surface area contributed by atoms with E-state index in [0.29, 0.717) is 10.5 Å². The molecule has 0 fully saturated rings. The summed E-state index contributed by atoms with van der Waals surface area (Å²) in [6, 6.07) is 8.43. The van der Waals surface area contributed by atoms with Gasteiger partial charge in [-0.2, -0.15) is 0 Å². The van der Waals surface area contributed by atoms with E-state index in [1.807, 2.05) is 12.1 Å².